The Balaban J connectivity index is 2.27. The number of rotatable bonds is 37. The third-order valence-electron chi connectivity index (χ3n) is 12.2. The fourth-order valence-electron chi connectivity index (χ4n) is 7.50. The van der Waals surface area contributed by atoms with Crippen molar-refractivity contribution in [1.82, 2.24) is 47.9 Å². The Morgan fingerprint density at radius 3 is 1.21 bits per heavy atom. The van der Waals surface area contributed by atoms with E-state index in [4.69, 9.17) is 22.9 Å². The van der Waals surface area contributed by atoms with Crippen LogP contribution >= 0.6 is 0 Å². The monoisotopic (exact) mass is 1150 g/mol. The predicted molar refractivity (Wildman–Crippen MR) is 285 cm³/mol. The van der Waals surface area contributed by atoms with E-state index < -0.39 is 158 Å². The fraction of sp³-hybridized carbons (Fsp3) is 0.540. The first-order valence-electron chi connectivity index (χ1n) is 25.8. The highest BCUT2D eigenvalue weighted by Crippen LogP contribution is 2.14. The number of phenols is 2. The van der Waals surface area contributed by atoms with Crippen molar-refractivity contribution >= 4 is 65.0 Å². The number of benzene rings is 2. The molecular weight excluding hydrogens is 1070 g/mol. The van der Waals surface area contributed by atoms with Crippen molar-refractivity contribution in [2.24, 2.45) is 22.9 Å². The zero-order valence-electron chi connectivity index (χ0n) is 44.8. The van der Waals surface area contributed by atoms with Gasteiger partial charge in [0, 0.05) is 12.8 Å². The number of aliphatic hydroxyl groups excluding tert-OH is 4. The van der Waals surface area contributed by atoms with Gasteiger partial charge in [0.15, 0.2) is 0 Å². The minimum Gasteiger partial charge on any atom is -0.508 e. The maximum absolute atomic E-state index is 14.0. The lowest BCUT2D eigenvalue weighted by molar-refractivity contribution is -0.142. The lowest BCUT2D eigenvalue weighted by Crippen LogP contribution is -2.62. The molecule has 31 heteroatoms. The summed E-state index contributed by atoms with van der Waals surface area (Å²) in [6, 6.07) is -5.73. The standard InChI is InChI=1S/C50H77N13O18/c1-25(55-49(79)40(26(2)67)63-48(78)38(24-66)62-45(75)35(21-39(54)70)57-42(72)31(53)7-3-5-17-51)41(71)60-36(22-64)46(76)59-34(20-28-11-15-30(69)16-12-28)44(74)61-37(23-65)47(77)58-33(19-27-9-13-29(68)14-10-27)43(73)56-32(50(80)81)8-4-6-18-52/h9-16,25-26,31-38,40,64-69H,3-8,17-24,51-53H2,1-2H3,(H2,54,70)(H,55,79)(H,56,73)(H,57,72)(H,58,77)(H,59,76)(H,60,71)(H,61,74)(H,62,75)(H,63,78)(H,80,81)/t25-,26+,31-,32-,33-,34-,35-,36-,37-,38-,40-/m0/s1. The molecule has 11 atom stereocenters. The fourth-order valence-corrected chi connectivity index (χ4v) is 7.50. The Morgan fingerprint density at radius 2 is 0.815 bits per heavy atom. The van der Waals surface area contributed by atoms with Gasteiger partial charge >= 0.3 is 5.97 Å². The average Bonchev–Trinajstić information content (AvgIpc) is 3.43. The topological polar surface area (TPSA) is 542 Å². The Morgan fingerprint density at radius 1 is 0.457 bits per heavy atom. The van der Waals surface area contributed by atoms with E-state index in [-0.39, 0.29) is 43.7 Å². The normalized spacial score (nSPS) is 15.1. The van der Waals surface area contributed by atoms with Crippen molar-refractivity contribution in [2.75, 3.05) is 32.9 Å². The second-order valence-corrected chi connectivity index (χ2v) is 18.9. The number of carbonyl (C=O) groups is 11. The second kappa shape index (κ2) is 35.5. The molecule has 0 aliphatic carbocycles. The first-order chi connectivity index (χ1) is 38.3. The molecule has 0 radical (unpaired) electrons. The molecule has 0 unspecified atom stereocenters. The van der Waals surface area contributed by atoms with Crippen LogP contribution in [0.1, 0.15) is 69.9 Å². The van der Waals surface area contributed by atoms with Gasteiger partial charge in [0.1, 0.15) is 65.9 Å². The Bertz CT molecular complexity index is 2440. The highest BCUT2D eigenvalue weighted by atomic mass is 16.4. The number of hydrogen-bond donors (Lipinski definition) is 20. The molecule has 81 heavy (non-hydrogen) atoms. The van der Waals surface area contributed by atoms with E-state index in [1.54, 1.807) is 0 Å². The van der Waals surface area contributed by atoms with Crippen LogP contribution in [0.5, 0.6) is 11.5 Å². The number of hydrogen-bond acceptors (Lipinski definition) is 20. The minimum atomic E-state index is -1.89. The summed E-state index contributed by atoms with van der Waals surface area (Å²) in [4.78, 5) is 145. The van der Waals surface area contributed by atoms with Gasteiger partial charge in [-0.05, 0) is 94.4 Å². The van der Waals surface area contributed by atoms with Crippen LogP contribution in [0.25, 0.3) is 0 Å². The zero-order valence-corrected chi connectivity index (χ0v) is 44.8. The molecule has 31 nitrogen and oxygen atoms in total. The molecule has 0 aliphatic heterocycles. The first-order valence-corrected chi connectivity index (χ1v) is 25.8. The van der Waals surface area contributed by atoms with Crippen LogP contribution in [0.3, 0.4) is 0 Å². The lowest BCUT2D eigenvalue weighted by Gasteiger charge is -2.27. The van der Waals surface area contributed by atoms with Crippen LogP contribution in [0.2, 0.25) is 0 Å². The maximum atomic E-state index is 14.0. The van der Waals surface area contributed by atoms with Gasteiger partial charge in [0.2, 0.25) is 59.1 Å². The molecule has 24 N–H and O–H groups in total. The molecule has 450 valence electrons. The van der Waals surface area contributed by atoms with Crippen LogP contribution in [-0.4, -0.2) is 200 Å². The molecule has 0 aliphatic rings. The largest absolute Gasteiger partial charge is 0.508 e. The van der Waals surface area contributed by atoms with Crippen LogP contribution in [0.15, 0.2) is 48.5 Å². The quantitative estimate of drug-likeness (QED) is 0.0279. The van der Waals surface area contributed by atoms with E-state index in [1.165, 1.54) is 48.5 Å². The molecule has 0 bridgehead atoms. The van der Waals surface area contributed by atoms with Gasteiger partial charge in [-0.3, -0.25) is 47.9 Å². The number of aliphatic carboxylic acids is 1. The molecule has 0 saturated heterocycles. The summed E-state index contributed by atoms with van der Waals surface area (Å²) in [7, 11) is 0. The summed E-state index contributed by atoms with van der Waals surface area (Å²) < 4.78 is 0. The number of amides is 10. The number of carbonyl (C=O) groups excluding carboxylic acids is 10. The molecule has 0 saturated carbocycles. The highest BCUT2D eigenvalue weighted by molar-refractivity contribution is 5.99. The molecular formula is C50H77N13O18. The van der Waals surface area contributed by atoms with Gasteiger partial charge < -0.3 is 107 Å². The van der Waals surface area contributed by atoms with E-state index in [2.05, 4.69) is 47.9 Å². The van der Waals surface area contributed by atoms with Gasteiger partial charge in [0.25, 0.3) is 0 Å². The molecule has 0 aromatic heterocycles. The smallest absolute Gasteiger partial charge is 0.326 e. The Kier molecular flexibility index (Phi) is 30.3. The lowest BCUT2D eigenvalue weighted by atomic mass is 10.0. The molecule has 2 aromatic rings. The van der Waals surface area contributed by atoms with E-state index in [0.29, 0.717) is 43.4 Å². The van der Waals surface area contributed by atoms with Crippen LogP contribution in [-0.2, 0) is 65.6 Å². The van der Waals surface area contributed by atoms with E-state index >= 15 is 0 Å². The zero-order chi connectivity index (χ0) is 60.9. The molecule has 0 heterocycles. The molecule has 0 fully saturated rings. The number of unbranched alkanes of at least 4 members (excludes halogenated alkanes) is 2. The number of nitrogens with two attached hydrogens (primary N) is 4. The third-order valence-corrected chi connectivity index (χ3v) is 12.2. The Labute approximate surface area is 465 Å². The van der Waals surface area contributed by atoms with Gasteiger partial charge in [0.05, 0.1) is 38.4 Å². The van der Waals surface area contributed by atoms with Crippen molar-refractivity contribution < 1.29 is 88.5 Å². The molecule has 10 amide bonds. The molecule has 2 rings (SSSR count). The van der Waals surface area contributed by atoms with Crippen molar-refractivity contribution in [1.29, 1.82) is 0 Å². The summed E-state index contributed by atoms with van der Waals surface area (Å²) in [5, 5.41) is 90.8. The summed E-state index contributed by atoms with van der Waals surface area (Å²) >= 11 is 0. The van der Waals surface area contributed by atoms with Crippen molar-refractivity contribution in [3.8, 4) is 11.5 Å². The molecule has 0 spiro atoms. The number of carboxylic acid groups (broad SMARTS) is 1. The number of phenolic OH excluding ortho intramolecular Hbond substituents is 2. The van der Waals surface area contributed by atoms with Gasteiger partial charge in [-0.15, -0.1) is 0 Å². The van der Waals surface area contributed by atoms with Crippen molar-refractivity contribution in [3.05, 3.63) is 59.7 Å². The predicted octanol–water partition coefficient (Wildman–Crippen LogP) is -7.83. The van der Waals surface area contributed by atoms with E-state index in [9.17, 15) is 88.5 Å². The number of primary amides is 1. The summed E-state index contributed by atoms with van der Waals surface area (Å²) in [5.41, 5.74) is 22.8. The van der Waals surface area contributed by atoms with E-state index in [1.807, 2.05) is 0 Å². The number of aliphatic hydroxyl groups is 4. The number of nitrogens with one attached hydrogen (secondary N) is 9. The van der Waals surface area contributed by atoms with Crippen LogP contribution in [0, 0.1) is 0 Å². The summed E-state index contributed by atoms with van der Waals surface area (Å²) in [5.74, 6) is -12.8. The van der Waals surface area contributed by atoms with Gasteiger partial charge in [-0.1, -0.05) is 30.7 Å². The average molecular weight is 1150 g/mol. The number of carboxylic acids is 1. The number of aromatic hydroxyl groups is 2. The highest BCUT2D eigenvalue weighted by Gasteiger charge is 2.36. The summed E-state index contributed by atoms with van der Waals surface area (Å²) in [6.07, 6.45) is -1.14. The second-order valence-electron chi connectivity index (χ2n) is 18.9. The molecule has 2 aromatic carbocycles. The SMILES string of the molecule is C[C@H](NC(=O)[C@@H](NC(=O)[C@H](CO)NC(=O)[C@H](CC(N)=O)NC(=O)[C@@H](N)CCCCN)[C@@H](C)O)C(=O)N[C@@H](CO)C(=O)N[C@@H](Cc1ccc(O)cc1)C(=O)N[C@@H](CO)C(=O)N[C@@H](Cc1ccc(O)cc1)C(=O)N[C@@H](CCCCN)C(=O)O. The maximum Gasteiger partial charge on any atom is 0.326 e. The van der Waals surface area contributed by atoms with Crippen LogP contribution in [0.4, 0.5) is 0 Å². The van der Waals surface area contributed by atoms with Crippen molar-refractivity contribution in [3.63, 3.8) is 0 Å². The summed E-state index contributed by atoms with van der Waals surface area (Å²) in [6.45, 7) is -0.573. The van der Waals surface area contributed by atoms with Crippen LogP contribution < -0.4 is 70.8 Å². The van der Waals surface area contributed by atoms with Crippen molar-refractivity contribution in [2.45, 2.75) is 138 Å². The Hall–Kier alpha value is -8.07. The minimum absolute atomic E-state index is 0.00832. The van der Waals surface area contributed by atoms with E-state index in [0.717, 1.165) is 13.8 Å². The third kappa shape index (κ3) is 24.5. The van der Waals surface area contributed by atoms with Gasteiger partial charge in [-0.25, -0.2) is 4.79 Å². The van der Waals surface area contributed by atoms with Gasteiger partial charge in [-0.2, -0.15) is 0 Å². The first kappa shape index (κ1) is 69.0.